The highest BCUT2D eigenvalue weighted by Gasteiger charge is 2.05. The predicted molar refractivity (Wildman–Crippen MR) is 46.4 cm³/mol. The van der Waals surface area contributed by atoms with E-state index in [0.717, 1.165) is 0 Å². The Bertz CT molecular complexity index is 99.7. The molecule has 0 spiro atoms. The van der Waals surface area contributed by atoms with Crippen molar-refractivity contribution in [2.75, 3.05) is 13.2 Å². The standard InChI is InChI=1S/C9H18O2/c1-5-10-6-7-11-9(4)8(2)3/h5,8-9H,1,6-7H2,2-4H3. The quantitative estimate of drug-likeness (QED) is 0.436. The van der Waals surface area contributed by atoms with E-state index in [4.69, 9.17) is 9.47 Å². The molecule has 0 fully saturated rings. The van der Waals surface area contributed by atoms with Gasteiger partial charge in [-0.3, -0.25) is 0 Å². The molecule has 11 heavy (non-hydrogen) atoms. The molecule has 2 nitrogen and oxygen atoms in total. The van der Waals surface area contributed by atoms with E-state index in [1.165, 1.54) is 6.26 Å². The Morgan fingerprint density at radius 1 is 1.27 bits per heavy atom. The normalized spacial score (nSPS) is 13.1. The molecule has 0 heterocycles. The fourth-order valence-corrected chi connectivity index (χ4v) is 0.558. The van der Waals surface area contributed by atoms with Gasteiger partial charge in [0.05, 0.1) is 19.0 Å². The van der Waals surface area contributed by atoms with Crippen LogP contribution in [0.3, 0.4) is 0 Å². The van der Waals surface area contributed by atoms with Gasteiger partial charge in [-0.15, -0.1) is 0 Å². The molecule has 1 unspecified atom stereocenters. The van der Waals surface area contributed by atoms with E-state index in [-0.39, 0.29) is 0 Å². The van der Waals surface area contributed by atoms with Crippen molar-refractivity contribution in [2.45, 2.75) is 26.9 Å². The molecule has 0 aromatic carbocycles. The van der Waals surface area contributed by atoms with Crippen LogP contribution in [0.4, 0.5) is 0 Å². The van der Waals surface area contributed by atoms with E-state index in [0.29, 0.717) is 25.2 Å². The third-order valence-electron chi connectivity index (χ3n) is 1.64. The second-order valence-electron chi connectivity index (χ2n) is 2.86. The Hall–Kier alpha value is -0.500. The van der Waals surface area contributed by atoms with Crippen molar-refractivity contribution in [2.24, 2.45) is 5.92 Å². The first-order valence-corrected chi connectivity index (χ1v) is 4.02. The zero-order chi connectivity index (χ0) is 8.69. The minimum atomic E-state index is 0.309. The highest BCUT2D eigenvalue weighted by atomic mass is 16.5. The Morgan fingerprint density at radius 2 is 1.91 bits per heavy atom. The van der Waals surface area contributed by atoms with Gasteiger partial charge in [0, 0.05) is 0 Å². The molecule has 0 aliphatic heterocycles. The summed E-state index contributed by atoms with van der Waals surface area (Å²) in [6.45, 7) is 11.0. The summed E-state index contributed by atoms with van der Waals surface area (Å²) in [4.78, 5) is 0. The van der Waals surface area contributed by atoms with Crippen molar-refractivity contribution < 1.29 is 9.47 Å². The van der Waals surface area contributed by atoms with E-state index < -0.39 is 0 Å². The minimum absolute atomic E-state index is 0.309. The molecule has 0 amide bonds. The molecule has 0 rings (SSSR count). The second-order valence-corrected chi connectivity index (χ2v) is 2.86. The fraction of sp³-hybridized carbons (Fsp3) is 0.778. The Labute approximate surface area is 69.2 Å². The van der Waals surface area contributed by atoms with Crippen LogP contribution >= 0.6 is 0 Å². The van der Waals surface area contributed by atoms with Gasteiger partial charge in [-0.1, -0.05) is 20.4 Å². The zero-order valence-electron chi connectivity index (χ0n) is 7.67. The third kappa shape index (κ3) is 5.92. The molecule has 0 aliphatic rings. The first kappa shape index (κ1) is 10.5. The van der Waals surface area contributed by atoms with Crippen LogP contribution in [0.5, 0.6) is 0 Å². The molecule has 0 aromatic heterocycles. The summed E-state index contributed by atoms with van der Waals surface area (Å²) in [5, 5.41) is 0. The van der Waals surface area contributed by atoms with Crippen molar-refractivity contribution in [3.63, 3.8) is 0 Å². The van der Waals surface area contributed by atoms with E-state index in [9.17, 15) is 0 Å². The maximum atomic E-state index is 5.43. The molecule has 0 bridgehead atoms. The summed E-state index contributed by atoms with van der Waals surface area (Å²) in [6.07, 6.45) is 1.74. The summed E-state index contributed by atoms with van der Waals surface area (Å²) in [7, 11) is 0. The summed E-state index contributed by atoms with van der Waals surface area (Å²) in [5.74, 6) is 0.568. The van der Waals surface area contributed by atoms with Crippen molar-refractivity contribution in [3.8, 4) is 0 Å². The monoisotopic (exact) mass is 158 g/mol. The van der Waals surface area contributed by atoms with Crippen molar-refractivity contribution in [1.29, 1.82) is 0 Å². The Kier molecular flexibility index (Phi) is 5.94. The topological polar surface area (TPSA) is 18.5 Å². The van der Waals surface area contributed by atoms with Crippen LogP contribution in [-0.4, -0.2) is 19.3 Å². The number of hydrogen-bond acceptors (Lipinski definition) is 2. The molecule has 0 aromatic rings. The van der Waals surface area contributed by atoms with Crippen LogP contribution in [0.15, 0.2) is 12.8 Å². The first-order valence-electron chi connectivity index (χ1n) is 4.02. The van der Waals surface area contributed by atoms with Crippen LogP contribution in [-0.2, 0) is 9.47 Å². The van der Waals surface area contributed by atoms with Gasteiger partial charge in [0.25, 0.3) is 0 Å². The van der Waals surface area contributed by atoms with Gasteiger partial charge in [0.15, 0.2) is 0 Å². The highest BCUT2D eigenvalue weighted by molar-refractivity contribution is 4.54. The Morgan fingerprint density at radius 3 is 2.36 bits per heavy atom. The summed E-state index contributed by atoms with van der Waals surface area (Å²) in [6, 6.07) is 0. The number of ether oxygens (including phenoxy) is 2. The highest BCUT2D eigenvalue weighted by Crippen LogP contribution is 2.04. The molecule has 0 aliphatic carbocycles. The first-order chi connectivity index (χ1) is 5.18. The summed E-state index contributed by atoms with van der Waals surface area (Å²) < 4.78 is 10.3. The lowest BCUT2D eigenvalue weighted by atomic mass is 10.1. The average Bonchev–Trinajstić information content (AvgIpc) is 1.97. The van der Waals surface area contributed by atoms with Gasteiger partial charge in [-0.25, -0.2) is 0 Å². The van der Waals surface area contributed by atoms with Crippen molar-refractivity contribution in [3.05, 3.63) is 12.8 Å². The lowest BCUT2D eigenvalue weighted by Gasteiger charge is -2.15. The SMILES string of the molecule is C=COCCOC(C)C(C)C. The fourth-order valence-electron chi connectivity index (χ4n) is 0.558. The third-order valence-corrected chi connectivity index (χ3v) is 1.64. The van der Waals surface area contributed by atoms with Crippen LogP contribution < -0.4 is 0 Å². The second kappa shape index (κ2) is 6.23. The summed E-state index contributed by atoms with van der Waals surface area (Å²) in [5.41, 5.74) is 0. The van der Waals surface area contributed by atoms with Gasteiger partial charge in [0.1, 0.15) is 6.61 Å². The van der Waals surface area contributed by atoms with E-state index in [1.807, 2.05) is 0 Å². The van der Waals surface area contributed by atoms with Gasteiger partial charge >= 0.3 is 0 Å². The van der Waals surface area contributed by atoms with Gasteiger partial charge in [-0.2, -0.15) is 0 Å². The van der Waals surface area contributed by atoms with E-state index in [2.05, 4.69) is 27.4 Å². The Balaban J connectivity index is 3.17. The molecule has 66 valence electrons. The molecule has 2 heteroatoms. The largest absolute Gasteiger partial charge is 0.499 e. The van der Waals surface area contributed by atoms with Crippen molar-refractivity contribution >= 4 is 0 Å². The lowest BCUT2D eigenvalue weighted by molar-refractivity contribution is 0.0115. The molecule has 0 saturated heterocycles. The van der Waals surface area contributed by atoms with Crippen LogP contribution in [0.1, 0.15) is 20.8 Å². The van der Waals surface area contributed by atoms with Gasteiger partial charge in [0.2, 0.25) is 0 Å². The smallest absolute Gasteiger partial charge is 0.111 e. The molecule has 1 atom stereocenters. The van der Waals surface area contributed by atoms with Gasteiger partial charge in [-0.05, 0) is 12.8 Å². The number of rotatable bonds is 6. The predicted octanol–water partition coefficient (Wildman–Crippen LogP) is 2.21. The van der Waals surface area contributed by atoms with Crippen LogP contribution in [0, 0.1) is 5.92 Å². The lowest BCUT2D eigenvalue weighted by Crippen LogP contribution is -2.17. The number of hydrogen-bond donors (Lipinski definition) is 0. The minimum Gasteiger partial charge on any atom is -0.499 e. The maximum absolute atomic E-state index is 5.43. The van der Waals surface area contributed by atoms with Crippen molar-refractivity contribution in [1.82, 2.24) is 0 Å². The van der Waals surface area contributed by atoms with E-state index >= 15 is 0 Å². The molecular weight excluding hydrogens is 140 g/mol. The molecule has 0 radical (unpaired) electrons. The molecule has 0 N–H and O–H groups in total. The average molecular weight is 158 g/mol. The maximum Gasteiger partial charge on any atom is 0.111 e. The van der Waals surface area contributed by atoms with E-state index in [1.54, 1.807) is 0 Å². The molecular formula is C9H18O2. The van der Waals surface area contributed by atoms with Crippen LogP contribution in [0.25, 0.3) is 0 Å². The summed E-state index contributed by atoms with van der Waals surface area (Å²) >= 11 is 0. The van der Waals surface area contributed by atoms with Gasteiger partial charge < -0.3 is 9.47 Å². The van der Waals surface area contributed by atoms with Crippen LogP contribution in [0.2, 0.25) is 0 Å². The zero-order valence-corrected chi connectivity index (χ0v) is 7.67. The molecule has 0 saturated carbocycles.